The molecule has 1 aliphatic carbocycles. The first kappa shape index (κ1) is 12.3. The summed E-state index contributed by atoms with van der Waals surface area (Å²) >= 11 is 4.93. The number of pyridine rings is 1. The van der Waals surface area contributed by atoms with E-state index in [-0.39, 0.29) is 0 Å². The first-order valence-electron chi connectivity index (χ1n) is 6.22. The van der Waals surface area contributed by atoms with Crippen LogP contribution in [0.2, 0.25) is 0 Å². The van der Waals surface area contributed by atoms with Gasteiger partial charge in [-0.2, -0.15) is 0 Å². The van der Waals surface area contributed by atoms with E-state index >= 15 is 0 Å². The Morgan fingerprint density at radius 2 is 2.35 bits per heavy atom. The zero-order chi connectivity index (χ0) is 12.3. The molecule has 1 atom stereocenters. The van der Waals surface area contributed by atoms with E-state index in [1.807, 2.05) is 18.2 Å². The minimum atomic E-state index is 0.351. The number of hydrogen-bond donors (Lipinski definition) is 2. The molecule has 1 heterocycles. The zero-order valence-corrected chi connectivity index (χ0v) is 11.0. The van der Waals surface area contributed by atoms with Crippen LogP contribution in [-0.2, 0) is 0 Å². The molecule has 0 spiro atoms. The maximum Gasteiger partial charge on any atom is 0.126 e. The van der Waals surface area contributed by atoms with Crippen molar-refractivity contribution in [3.8, 4) is 0 Å². The molecule has 1 aromatic heterocycles. The maximum atomic E-state index is 5.58. The first-order valence-corrected chi connectivity index (χ1v) is 6.63. The van der Waals surface area contributed by atoms with Crippen LogP contribution < -0.4 is 11.1 Å². The van der Waals surface area contributed by atoms with E-state index in [4.69, 9.17) is 18.0 Å². The molecule has 2 rings (SSSR count). The number of anilines is 1. The summed E-state index contributed by atoms with van der Waals surface area (Å²) in [5.41, 5.74) is 6.26. The highest BCUT2D eigenvalue weighted by molar-refractivity contribution is 7.80. The van der Waals surface area contributed by atoms with E-state index in [2.05, 4.69) is 17.2 Å². The first-order chi connectivity index (χ1) is 8.19. The smallest absolute Gasteiger partial charge is 0.126 e. The fourth-order valence-electron chi connectivity index (χ4n) is 1.95. The summed E-state index contributed by atoms with van der Waals surface area (Å²) in [6, 6.07) is 6.26. The highest BCUT2D eigenvalue weighted by Gasteiger charge is 2.24. The van der Waals surface area contributed by atoms with E-state index in [0.717, 1.165) is 18.2 Å². The normalized spacial score (nSPS) is 16.5. The van der Waals surface area contributed by atoms with Gasteiger partial charge in [0, 0.05) is 6.04 Å². The second-order valence-electron chi connectivity index (χ2n) is 4.70. The Bertz CT molecular complexity index is 401. The van der Waals surface area contributed by atoms with Crippen LogP contribution >= 0.6 is 12.2 Å². The second-order valence-corrected chi connectivity index (χ2v) is 5.14. The predicted molar refractivity (Wildman–Crippen MR) is 75.2 cm³/mol. The number of thiocarbonyl (C=S) groups is 1. The van der Waals surface area contributed by atoms with Gasteiger partial charge in [0.1, 0.15) is 10.8 Å². The molecule has 0 amide bonds. The topological polar surface area (TPSA) is 50.9 Å². The van der Waals surface area contributed by atoms with Crippen LogP contribution in [-0.4, -0.2) is 16.0 Å². The van der Waals surface area contributed by atoms with Crippen molar-refractivity contribution < 1.29 is 0 Å². The van der Waals surface area contributed by atoms with Gasteiger partial charge in [-0.1, -0.05) is 38.0 Å². The lowest BCUT2D eigenvalue weighted by Crippen LogP contribution is -2.21. The largest absolute Gasteiger partial charge is 0.388 e. The van der Waals surface area contributed by atoms with Crippen molar-refractivity contribution in [2.45, 2.75) is 38.6 Å². The fraction of sp³-hybridized carbons (Fsp3) is 0.538. The quantitative estimate of drug-likeness (QED) is 0.761. The summed E-state index contributed by atoms with van der Waals surface area (Å²) in [4.78, 5) is 4.76. The van der Waals surface area contributed by atoms with E-state index < -0.39 is 0 Å². The maximum absolute atomic E-state index is 5.58. The number of hydrogen-bond acceptors (Lipinski definition) is 3. The number of nitrogens with two attached hydrogens (primary N) is 1. The third-order valence-electron chi connectivity index (χ3n) is 3.16. The van der Waals surface area contributed by atoms with Gasteiger partial charge in [0.15, 0.2) is 0 Å². The molecule has 0 saturated heterocycles. The summed E-state index contributed by atoms with van der Waals surface area (Å²) < 4.78 is 0. The summed E-state index contributed by atoms with van der Waals surface area (Å²) in [5, 5.41) is 3.47. The van der Waals surface area contributed by atoms with Gasteiger partial charge in [0.25, 0.3) is 0 Å². The lowest BCUT2D eigenvalue weighted by Gasteiger charge is -2.17. The standard InChI is InChI=1S/C13H19N3S/c1-2-10(8-9-6-7-9)15-12-5-3-4-11(16-12)13(14)17/h3-5,9-10H,2,6-8H2,1H3,(H2,14,17)(H,15,16). The van der Waals surface area contributed by atoms with Crippen molar-refractivity contribution in [1.82, 2.24) is 4.98 Å². The fourth-order valence-corrected chi connectivity index (χ4v) is 2.06. The molecule has 0 radical (unpaired) electrons. The number of nitrogens with one attached hydrogen (secondary N) is 1. The van der Waals surface area contributed by atoms with Crippen LogP contribution in [0.4, 0.5) is 5.82 Å². The third-order valence-corrected chi connectivity index (χ3v) is 3.37. The molecule has 1 fully saturated rings. The Hall–Kier alpha value is -1.16. The molecule has 1 unspecified atom stereocenters. The van der Waals surface area contributed by atoms with Crippen molar-refractivity contribution in [2.75, 3.05) is 5.32 Å². The van der Waals surface area contributed by atoms with Gasteiger partial charge in [-0.15, -0.1) is 0 Å². The Morgan fingerprint density at radius 1 is 1.59 bits per heavy atom. The molecule has 4 heteroatoms. The molecule has 1 aliphatic rings. The summed E-state index contributed by atoms with van der Waals surface area (Å²) in [6.07, 6.45) is 5.14. The Kier molecular flexibility index (Phi) is 3.94. The minimum Gasteiger partial charge on any atom is -0.388 e. The lowest BCUT2D eigenvalue weighted by molar-refractivity contribution is 0.585. The highest BCUT2D eigenvalue weighted by atomic mass is 32.1. The molecule has 1 saturated carbocycles. The van der Waals surface area contributed by atoms with E-state index in [0.29, 0.717) is 16.7 Å². The van der Waals surface area contributed by atoms with Crippen molar-refractivity contribution >= 4 is 23.0 Å². The summed E-state index contributed by atoms with van der Waals surface area (Å²) in [6.45, 7) is 2.21. The second kappa shape index (κ2) is 5.45. The van der Waals surface area contributed by atoms with Gasteiger partial charge >= 0.3 is 0 Å². The predicted octanol–water partition coefficient (Wildman–Crippen LogP) is 2.71. The monoisotopic (exact) mass is 249 g/mol. The molecule has 3 N–H and O–H groups in total. The molecule has 0 aromatic carbocycles. The van der Waals surface area contributed by atoms with Crippen LogP contribution in [0.25, 0.3) is 0 Å². The van der Waals surface area contributed by atoms with Crippen LogP contribution in [0.1, 0.15) is 38.3 Å². The van der Waals surface area contributed by atoms with Crippen molar-refractivity contribution in [3.63, 3.8) is 0 Å². The van der Waals surface area contributed by atoms with Crippen LogP contribution in [0.5, 0.6) is 0 Å². The van der Waals surface area contributed by atoms with Crippen molar-refractivity contribution in [2.24, 2.45) is 11.7 Å². The molecule has 92 valence electrons. The molecule has 3 nitrogen and oxygen atoms in total. The van der Waals surface area contributed by atoms with Crippen LogP contribution in [0.15, 0.2) is 18.2 Å². The van der Waals surface area contributed by atoms with Gasteiger partial charge in [0.05, 0.1) is 5.69 Å². The third kappa shape index (κ3) is 3.66. The lowest BCUT2D eigenvalue weighted by atomic mass is 10.1. The van der Waals surface area contributed by atoms with Crippen LogP contribution in [0.3, 0.4) is 0 Å². The van der Waals surface area contributed by atoms with Gasteiger partial charge < -0.3 is 11.1 Å². The minimum absolute atomic E-state index is 0.351. The van der Waals surface area contributed by atoms with E-state index in [1.54, 1.807) is 0 Å². The average Bonchev–Trinajstić information content (AvgIpc) is 3.12. The molecule has 1 aromatic rings. The highest BCUT2D eigenvalue weighted by Crippen LogP contribution is 2.34. The Balaban J connectivity index is 2.00. The van der Waals surface area contributed by atoms with Gasteiger partial charge in [-0.3, -0.25) is 0 Å². The number of aromatic nitrogens is 1. The number of nitrogens with zero attached hydrogens (tertiary/aromatic N) is 1. The van der Waals surface area contributed by atoms with E-state index in [1.165, 1.54) is 19.3 Å². The zero-order valence-electron chi connectivity index (χ0n) is 10.1. The number of rotatable bonds is 6. The van der Waals surface area contributed by atoms with Gasteiger partial charge in [0.2, 0.25) is 0 Å². The van der Waals surface area contributed by atoms with Gasteiger partial charge in [-0.25, -0.2) is 4.98 Å². The summed E-state index contributed by atoms with van der Waals surface area (Å²) in [5.74, 6) is 1.80. The van der Waals surface area contributed by atoms with Crippen molar-refractivity contribution in [1.29, 1.82) is 0 Å². The molecular formula is C13H19N3S. The summed E-state index contributed by atoms with van der Waals surface area (Å²) in [7, 11) is 0. The average molecular weight is 249 g/mol. The van der Waals surface area contributed by atoms with Gasteiger partial charge in [-0.05, 0) is 30.9 Å². The van der Waals surface area contributed by atoms with Crippen LogP contribution in [0, 0.1) is 5.92 Å². The molecule has 17 heavy (non-hydrogen) atoms. The Labute approximate surface area is 108 Å². The SMILES string of the molecule is CCC(CC1CC1)Nc1cccc(C(N)=S)n1. The molecule has 0 bridgehead atoms. The van der Waals surface area contributed by atoms with E-state index in [9.17, 15) is 0 Å². The Morgan fingerprint density at radius 3 is 2.94 bits per heavy atom. The van der Waals surface area contributed by atoms with Crippen molar-refractivity contribution in [3.05, 3.63) is 23.9 Å². The molecular weight excluding hydrogens is 230 g/mol. The molecule has 0 aliphatic heterocycles.